The Kier molecular flexibility index (Phi) is 8.13. The molecule has 126 valence electrons. The van der Waals surface area contributed by atoms with E-state index in [0.717, 1.165) is 12.8 Å². The number of carbonyl (C=O) groups is 2. The minimum atomic E-state index is -0.247. The van der Waals surface area contributed by atoms with Gasteiger partial charge in [-0.05, 0) is 30.5 Å². The van der Waals surface area contributed by atoms with Crippen LogP contribution in [0, 0.1) is 0 Å². The molecule has 0 heterocycles. The van der Waals surface area contributed by atoms with Crippen LogP contribution in [0.15, 0.2) is 24.3 Å². The summed E-state index contributed by atoms with van der Waals surface area (Å²) in [5.41, 5.74) is 0.732. The predicted molar refractivity (Wildman–Crippen MR) is 93.6 cm³/mol. The zero-order valence-electron chi connectivity index (χ0n) is 13.4. The lowest BCUT2D eigenvalue weighted by atomic mass is 10.0. The van der Waals surface area contributed by atoms with E-state index >= 15 is 0 Å². The van der Waals surface area contributed by atoms with Crippen LogP contribution in [-0.2, 0) is 4.79 Å². The molecule has 0 aliphatic rings. The number of benzene rings is 1. The Balaban J connectivity index is 2.76. The van der Waals surface area contributed by atoms with Crippen LogP contribution in [0.25, 0.3) is 0 Å². The van der Waals surface area contributed by atoms with E-state index in [0.29, 0.717) is 18.5 Å². The van der Waals surface area contributed by atoms with Gasteiger partial charge in [0.1, 0.15) is 10.8 Å². The Hall–Kier alpha value is -1.52. The molecule has 1 aromatic rings. The minimum Gasteiger partial charge on any atom is -0.482 e. The van der Waals surface area contributed by atoms with Crippen LogP contribution in [0.4, 0.5) is 0 Å². The second kappa shape index (κ2) is 9.58. The Bertz CT molecular complexity index is 600. The fourth-order valence-corrected chi connectivity index (χ4v) is 2.23. The molecule has 0 fully saturated rings. The molecule has 0 bridgehead atoms. The van der Waals surface area contributed by atoms with Gasteiger partial charge in [-0.25, -0.2) is 0 Å². The van der Waals surface area contributed by atoms with E-state index < -0.39 is 0 Å². The van der Waals surface area contributed by atoms with Gasteiger partial charge in [0.15, 0.2) is 12.4 Å². The van der Waals surface area contributed by atoms with Crippen molar-refractivity contribution in [2.45, 2.75) is 33.1 Å². The van der Waals surface area contributed by atoms with E-state index in [1.165, 1.54) is 12.1 Å². The van der Waals surface area contributed by atoms with Crippen LogP contribution in [-0.4, -0.2) is 24.8 Å². The first-order chi connectivity index (χ1) is 10.9. The molecule has 0 aliphatic carbocycles. The quantitative estimate of drug-likeness (QED) is 0.403. The molecule has 1 aromatic carbocycles. The van der Waals surface area contributed by atoms with E-state index in [1.54, 1.807) is 0 Å². The maximum atomic E-state index is 12.1. The number of hydrogen-bond acceptors (Lipinski definition) is 3. The van der Waals surface area contributed by atoms with Gasteiger partial charge in [-0.3, -0.25) is 9.59 Å². The van der Waals surface area contributed by atoms with Crippen LogP contribution >= 0.6 is 23.2 Å². The zero-order valence-corrected chi connectivity index (χ0v) is 14.9. The number of hydrogen-bond donors (Lipinski definition) is 1. The highest BCUT2D eigenvalue weighted by Gasteiger charge is 2.18. The third kappa shape index (κ3) is 5.56. The van der Waals surface area contributed by atoms with Crippen molar-refractivity contribution >= 4 is 34.9 Å². The van der Waals surface area contributed by atoms with Gasteiger partial charge >= 0.3 is 0 Å². The molecule has 1 amide bonds. The highest BCUT2D eigenvalue weighted by molar-refractivity contribution is 6.45. The summed E-state index contributed by atoms with van der Waals surface area (Å²) in [5.74, 6) is -0.214. The Morgan fingerprint density at radius 1 is 1.22 bits per heavy atom. The van der Waals surface area contributed by atoms with Crippen molar-refractivity contribution in [3.63, 3.8) is 0 Å². The summed E-state index contributed by atoms with van der Waals surface area (Å²) in [6.07, 6.45) is 2.44. The summed E-state index contributed by atoms with van der Waals surface area (Å²) in [6.45, 7) is 8.03. The van der Waals surface area contributed by atoms with Crippen LogP contribution in [0.3, 0.4) is 0 Å². The molecule has 1 N–H and O–H groups in total. The maximum Gasteiger partial charge on any atom is 0.257 e. The molecule has 0 saturated heterocycles. The molecule has 0 saturated carbocycles. The summed E-state index contributed by atoms with van der Waals surface area (Å²) in [7, 11) is 0. The number of allylic oxidation sites excluding steroid dienone is 1. The summed E-state index contributed by atoms with van der Waals surface area (Å²) in [4.78, 5) is 23.7. The van der Waals surface area contributed by atoms with Gasteiger partial charge in [0.2, 0.25) is 0 Å². The number of amides is 1. The molecule has 0 atom stereocenters. The SMILES string of the molecule is C=C(CC)C(=O)c1ccc(OCC(=O)NCCCC)c(Cl)c1Cl. The van der Waals surface area contributed by atoms with Gasteiger partial charge < -0.3 is 10.1 Å². The van der Waals surface area contributed by atoms with Gasteiger partial charge in [-0.1, -0.05) is 50.0 Å². The lowest BCUT2D eigenvalue weighted by molar-refractivity contribution is -0.123. The third-order valence-corrected chi connectivity index (χ3v) is 4.12. The third-order valence-electron chi connectivity index (χ3n) is 3.25. The second-order valence-electron chi connectivity index (χ2n) is 5.02. The second-order valence-corrected chi connectivity index (χ2v) is 5.77. The van der Waals surface area contributed by atoms with Gasteiger partial charge in [0, 0.05) is 12.1 Å². The van der Waals surface area contributed by atoms with Crippen molar-refractivity contribution < 1.29 is 14.3 Å². The number of carbonyl (C=O) groups excluding carboxylic acids is 2. The smallest absolute Gasteiger partial charge is 0.257 e. The fraction of sp³-hybridized carbons (Fsp3) is 0.412. The van der Waals surface area contributed by atoms with Gasteiger partial charge in [-0.2, -0.15) is 0 Å². The number of ketones is 1. The number of halogens is 2. The minimum absolute atomic E-state index is 0.107. The summed E-state index contributed by atoms with van der Waals surface area (Å²) >= 11 is 12.3. The average Bonchev–Trinajstić information content (AvgIpc) is 2.55. The van der Waals surface area contributed by atoms with Crippen molar-refractivity contribution in [3.05, 3.63) is 39.9 Å². The molecule has 0 unspecified atom stereocenters. The molecule has 0 aliphatic heterocycles. The summed E-state index contributed by atoms with van der Waals surface area (Å²) in [5, 5.41) is 2.95. The van der Waals surface area contributed by atoms with E-state index in [4.69, 9.17) is 27.9 Å². The van der Waals surface area contributed by atoms with Crippen molar-refractivity contribution in [1.29, 1.82) is 0 Å². The van der Waals surface area contributed by atoms with Crippen molar-refractivity contribution in [2.24, 2.45) is 0 Å². The highest BCUT2D eigenvalue weighted by Crippen LogP contribution is 2.35. The van der Waals surface area contributed by atoms with E-state index in [2.05, 4.69) is 11.9 Å². The number of ether oxygens (including phenoxy) is 1. The van der Waals surface area contributed by atoms with Crippen LogP contribution in [0.5, 0.6) is 5.75 Å². The van der Waals surface area contributed by atoms with Crippen molar-refractivity contribution in [3.8, 4) is 5.75 Å². The van der Waals surface area contributed by atoms with Crippen LogP contribution < -0.4 is 10.1 Å². The average molecular weight is 358 g/mol. The largest absolute Gasteiger partial charge is 0.482 e. The molecule has 0 radical (unpaired) electrons. The first-order valence-corrected chi connectivity index (χ1v) is 8.27. The normalized spacial score (nSPS) is 10.3. The maximum absolute atomic E-state index is 12.1. The van der Waals surface area contributed by atoms with E-state index in [1.807, 2.05) is 13.8 Å². The van der Waals surface area contributed by atoms with E-state index in [-0.39, 0.29) is 39.7 Å². The lowest BCUT2D eigenvalue weighted by Crippen LogP contribution is -2.29. The van der Waals surface area contributed by atoms with Crippen LogP contribution in [0.2, 0.25) is 10.0 Å². The standard InChI is InChI=1S/C17H21Cl2NO3/c1-4-6-9-20-14(21)10-23-13-8-7-12(15(18)16(13)19)17(22)11(3)5-2/h7-8H,3-6,9-10H2,1-2H3,(H,20,21). The predicted octanol–water partition coefficient (Wildman–Crippen LogP) is 4.44. The number of Topliss-reactive ketones (excluding diaryl/α,β-unsaturated/α-hetero) is 1. The molecule has 0 aromatic heterocycles. The first kappa shape index (κ1) is 19.5. The summed E-state index contributed by atoms with van der Waals surface area (Å²) in [6, 6.07) is 3.06. The zero-order chi connectivity index (χ0) is 17.4. The van der Waals surface area contributed by atoms with Gasteiger partial charge in [0.25, 0.3) is 5.91 Å². The molecule has 4 nitrogen and oxygen atoms in total. The van der Waals surface area contributed by atoms with Crippen molar-refractivity contribution in [1.82, 2.24) is 5.32 Å². The number of rotatable bonds is 9. The molecule has 6 heteroatoms. The number of unbranched alkanes of at least 4 members (excludes halogenated alkanes) is 1. The molecular weight excluding hydrogens is 337 g/mol. The molecule has 1 rings (SSSR count). The molecule has 0 spiro atoms. The van der Waals surface area contributed by atoms with Gasteiger partial charge in [0.05, 0.1) is 5.02 Å². The fourth-order valence-electron chi connectivity index (χ4n) is 1.77. The molecular formula is C17H21Cl2NO3. The van der Waals surface area contributed by atoms with Crippen LogP contribution in [0.1, 0.15) is 43.5 Å². The lowest BCUT2D eigenvalue weighted by Gasteiger charge is -2.12. The first-order valence-electron chi connectivity index (χ1n) is 7.52. The van der Waals surface area contributed by atoms with E-state index in [9.17, 15) is 9.59 Å². The van der Waals surface area contributed by atoms with Crippen molar-refractivity contribution in [2.75, 3.05) is 13.2 Å². The number of nitrogens with one attached hydrogen (secondary N) is 1. The topological polar surface area (TPSA) is 55.4 Å². The Labute approximate surface area is 146 Å². The monoisotopic (exact) mass is 357 g/mol. The molecule has 23 heavy (non-hydrogen) atoms. The Morgan fingerprint density at radius 2 is 1.91 bits per heavy atom. The Morgan fingerprint density at radius 3 is 2.52 bits per heavy atom. The highest BCUT2D eigenvalue weighted by atomic mass is 35.5. The van der Waals surface area contributed by atoms with Gasteiger partial charge in [-0.15, -0.1) is 0 Å². The summed E-state index contributed by atoms with van der Waals surface area (Å²) < 4.78 is 5.37.